The first kappa shape index (κ1) is 16.2. The van der Waals surface area contributed by atoms with Crippen LogP contribution in [0.25, 0.3) is 0 Å². The molecule has 1 N–H and O–H groups in total. The molecule has 0 aromatic heterocycles. The highest BCUT2D eigenvalue weighted by atomic mass is 35.5. The van der Waals surface area contributed by atoms with E-state index in [4.69, 9.17) is 11.6 Å². The van der Waals surface area contributed by atoms with Gasteiger partial charge in [0.05, 0.1) is 6.04 Å². The summed E-state index contributed by atoms with van der Waals surface area (Å²) >= 11 is 5.78. The summed E-state index contributed by atoms with van der Waals surface area (Å²) in [5.74, 6) is -0.287. The lowest BCUT2D eigenvalue weighted by atomic mass is 10.0. The summed E-state index contributed by atoms with van der Waals surface area (Å²) in [6.45, 7) is 0. The third kappa shape index (κ3) is 5.01. The Kier molecular flexibility index (Phi) is 6.16. The van der Waals surface area contributed by atoms with Gasteiger partial charge in [0.1, 0.15) is 0 Å². The summed E-state index contributed by atoms with van der Waals surface area (Å²) < 4.78 is 0. The Bertz CT molecular complexity index is 611. The van der Waals surface area contributed by atoms with E-state index in [1.54, 1.807) is 24.3 Å². The van der Waals surface area contributed by atoms with Crippen LogP contribution in [0.1, 0.15) is 28.8 Å². The van der Waals surface area contributed by atoms with Crippen molar-refractivity contribution >= 4 is 23.8 Å². The van der Waals surface area contributed by atoms with Gasteiger partial charge in [0.25, 0.3) is 5.91 Å². The summed E-state index contributed by atoms with van der Waals surface area (Å²) in [7, 11) is 0. The Labute approximate surface area is 135 Å². The van der Waals surface area contributed by atoms with Crippen molar-refractivity contribution in [2.45, 2.75) is 25.3 Å². The summed E-state index contributed by atoms with van der Waals surface area (Å²) in [4.78, 5) is 23.0. The van der Waals surface area contributed by atoms with E-state index in [0.29, 0.717) is 17.0 Å². The average molecular weight is 315 g/mol. The van der Waals surface area contributed by atoms with E-state index >= 15 is 0 Å². The van der Waals surface area contributed by atoms with Crippen molar-refractivity contribution in [3.63, 3.8) is 0 Å². The molecule has 1 amide bonds. The van der Waals surface area contributed by atoms with Crippen molar-refractivity contribution in [2.24, 2.45) is 0 Å². The third-order valence-corrected chi connectivity index (χ3v) is 3.61. The molecule has 0 heterocycles. The minimum absolute atomic E-state index is 0.287. The Morgan fingerprint density at radius 3 is 2.41 bits per heavy atom. The van der Waals surface area contributed by atoms with E-state index in [1.165, 1.54) is 5.56 Å². The van der Waals surface area contributed by atoms with Gasteiger partial charge in [0.15, 0.2) is 0 Å². The maximum atomic E-state index is 12.0. The highest BCUT2D eigenvalue weighted by Crippen LogP contribution is 2.10. The highest BCUT2D eigenvalue weighted by Gasteiger charge is 2.13. The molecule has 1 atom stereocenters. The zero-order chi connectivity index (χ0) is 15.8. The summed E-state index contributed by atoms with van der Waals surface area (Å²) in [6, 6.07) is 16.0. The third-order valence-electron chi connectivity index (χ3n) is 3.36. The molecule has 0 spiro atoms. The summed E-state index contributed by atoms with van der Waals surface area (Å²) in [6.07, 6.45) is 4.14. The topological polar surface area (TPSA) is 46.2 Å². The van der Waals surface area contributed by atoms with Gasteiger partial charge in [-0.25, -0.2) is 0 Å². The van der Waals surface area contributed by atoms with Crippen LogP contribution < -0.4 is 5.32 Å². The Balaban J connectivity index is 1.82. The lowest BCUT2D eigenvalue weighted by Crippen LogP contribution is -2.36. The highest BCUT2D eigenvalue weighted by molar-refractivity contribution is 6.30. The molecule has 0 aliphatic carbocycles. The molecule has 0 fully saturated rings. The van der Waals surface area contributed by atoms with Crippen molar-refractivity contribution in [1.82, 2.24) is 5.32 Å². The number of aryl methyl sites for hydroxylation is 1. The quantitative estimate of drug-likeness (QED) is 0.849. The number of benzene rings is 2. The van der Waals surface area contributed by atoms with Crippen molar-refractivity contribution in [3.05, 3.63) is 70.7 Å². The first-order chi connectivity index (χ1) is 10.7. The van der Waals surface area contributed by atoms with E-state index in [1.807, 2.05) is 36.6 Å². The van der Waals surface area contributed by atoms with Crippen LogP contribution in [-0.4, -0.2) is 18.2 Å². The van der Waals surface area contributed by atoms with Gasteiger partial charge in [-0.2, -0.15) is 0 Å². The maximum absolute atomic E-state index is 12.0. The van der Waals surface area contributed by atoms with Crippen LogP contribution in [0.5, 0.6) is 0 Å². The fraction of sp³-hybridized carbons (Fsp3) is 0.222. The van der Waals surface area contributed by atoms with Crippen LogP contribution >= 0.6 is 11.6 Å². The number of hydrogen-bond acceptors (Lipinski definition) is 2. The lowest BCUT2D eigenvalue weighted by molar-refractivity contribution is 0.0944. The normalized spacial score (nSPS) is 11.7. The predicted octanol–water partition coefficient (Wildman–Crippen LogP) is 3.57. The van der Waals surface area contributed by atoms with Crippen molar-refractivity contribution < 1.29 is 9.59 Å². The SMILES string of the molecule is O=[C][C@@H](CCCc1ccccc1)NC(=O)c1ccc(Cl)cc1. The van der Waals surface area contributed by atoms with Crippen LogP contribution in [0.4, 0.5) is 0 Å². The van der Waals surface area contributed by atoms with E-state index in [9.17, 15) is 9.59 Å². The van der Waals surface area contributed by atoms with Gasteiger partial charge in [-0.3, -0.25) is 9.59 Å². The number of amides is 1. The number of rotatable bonds is 7. The Hall–Kier alpha value is -2.13. The maximum Gasteiger partial charge on any atom is 0.251 e. The number of nitrogens with one attached hydrogen (secondary N) is 1. The minimum Gasteiger partial charge on any atom is -0.342 e. The molecule has 0 unspecified atom stereocenters. The first-order valence-corrected chi connectivity index (χ1v) is 7.55. The van der Waals surface area contributed by atoms with E-state index in [0.717, 1.165) is 12.8 Å². The van der Waals surface area contributed by atoms with Gasteiger partial charge in [-0.05, 0) is 49.1 Å². The molecule has 3 nitrogen and oxygen atoms in total. The number of carbonyl (C=O) groups is 1. The van der Waals surface area contributed by atoms with Gasteiger partial charge in [0, 0.05) is 10.6 Å². The number of carbonyl (C=O) groups excluding carboxylic acids is 2. The lowest BCUT2D eigenvalue weighted by Gasteiger charge is -2.12. The zero-order valence-corrected chi connectivity index (χ0v) is 12.8. The molecule has 0 saturated heterocycles. The molecule has 22 heavy (non-hydrogen) atoms. The Morgan fingerprint density at radius 2 is 1.77 bits per heavy atom. The van der Waals surface area contributed by atoms with Gasteiger partial charge in [-0.1, -0.05) is 41.9 Å². The molecule has 2 rings (SSSR count). The van der Waals surface area contributed by atoms with Crippen LogP contribution in [-0.2, 0) is 11.2 Å². The van der Waals surface area contributed by atoms with Gasteiger partial charge >= 0.3 is 0 Å². The molecule has 113 valence electrons. The number of halogens is 1. The van der Waals surface area contributed by atoms with Gasteiger partial charge in [-0.15, -0.1) is 0 Å². The second-order valence-corrected chi connectivity index (χ2v) is 5.47. The van der Waals surface area contributed by atoms with Crippen molar-refractivity contribution in [2.75, 3.05) is 0 Å². The summed E-state index contributed by atoms with van der Waals surface area (Å²) in [5, 5.41) is 3.25. The van der Waals surface area contributed by atoms with Crippen LogP contribution in [0.3, 0.4) is 0 Å². The second-order valence-electron chi connectivity index (χ2n) is 5.03. The van der Waals surface area contributed by atoms with E-state index in [-0.39, 0.29) is 5.91 Å². The van der Waals surface area contributed by atoms with E-state index < -0.39 is 6.04 Å². The molecule has 0 bridgehead atoms. The van der Waals surface area contributed by atoms with Gasteiger partial charge < -0.3 is 5.32 Å². The molecular weight excluding hydrogens is 298 g/mol. The standard InChI is InChI=1S/C18H17ClNO2/c19-16-11-9-15(10-12-16)18(22)20-17(13-21)8-4-7-14-5-2-1-3-6-14/h1-3,5-6,9-12,17H,4,7-8H2,(H,20,22)/t17-/m1/s1. The molecule has 1 radical (unpaired) electrons. The molecule has 4 heteroatoms. The fourth-order valence-corrected chi connectivity index (χ4v) is 2.28. The summed E-state index contributed by atoms with van der Waals surface area (Å²) in [5.41, 5.74) is 1.70. The largest absolute Gasteiger partial charge is 0.342 e. The van der Waals surface area contributed by atoms with Crippen molar-refractivity contribution in [3.8, 4) is 0 Å². The van der Waals surface area contributed by atoms with Crippen LogP contribution in [0.2, 0.25) is 5.02 Å². The van der Waals surface area contributed by atoms with Crippen molar-refractivity contribution in [1.29, 1.82) is 0 Å². The zero-order valence-electron chi connectivity index (χ0n) is 12.1. The molecule has 2 aromatic carbocycles. The molecule has 0 aliphatic heterocycles. The molecular formula is C18H17ClNO2. The monoisotopic (exact) mass is 314 g/mol. The first-order valence-electron chi connectivity index (χ1n) is 7.17. The average Bonchev–Trinajstić information content (AvgIpc) is 2.55. The Morgan fingerprint density at radius 1 is 1.09 bits per heavy atom. The smallest absolute Gasteiger partial charge is 0.251 e. The van der Waals surface area contributed by atoms with Crippen LogP contribution in [0, 0.1) is 0 Å². The number of hydrogen-bond donors (Lipinski definition) is 1. The predicted molar refractivity (Wildman–Crippen MR) is 87.8 cm³/mol. The molecule has 2 aromatic rings. The second kappa shape index (κ2) is 8.35. The fourth-order valence-electron chi connectivity index (χ4n) is 2.16. The van der Waals surface area contributed by atoms with Gasteiger partial charge in [0.2, 0.25) is 6.29 Å². The van der Waals surface area contributed by atoms with Crippen LogP contribution in [0.15, 0.2) is 54.6 Å². The molecule has 0 saturated carbocycles. The minimum atomic E-state index is -0.591. The van der Waals surface area contributed by atoms with E-state index in [2.05, 4.69) is 5.32 Å². The molecule has 0 aliphatic rings.